The Morgan fingerprint density at radius 1 is 0.810 bits per heavy atom. The summed E-state index contributed by atoms with van der Waals surface area (Å²) in [6, 6.07) is 11.7. The summed E-state index contributed by atoms with van der Waals surface area (Å²) in [5.74, 6) is -4.56. The summed E-state index contributed by atoms with van der Waals surface area (Å²) < 4.78 is 16.3. The van der Waals surface area contributed by atoms with Crippen LogP contribution in [0.15, 0.2) is 54.6 Å². The molecule has 1 aliphatic carbocycles. The van der Waals surface area contributed by atoms with Crippen molar-refractivity contribution in [2.24, 2.45) is 0 Å². The van der Waals surface area contributed by atoms with Gasteiger partial charge in [-0.1, -0.05) is 18.2 Å². The number of ether oxygens (including phenoxy) is 3. The number of hydrogen-bond donors (Lipinski definition) is 4. The van der Waals surface area contributed by atoms with Crippen molar-refractivity contribution in [3.05, 3.63) is 82.4 Å². The predicted molar refractivity (Wildman–Crippen MR) is 149 cm³/mol. The van der Waals surface area contributed by atoms with E-state index in [0.717, 1.165) is 6.07 Å². The fourth-order valence-electron chi connectivity index (χ4n) is 4.85. The van der Waals surface area contributed by atoms with E-state index in [1.165, 1.54) is 36.4 Å². The smallest absolute Gasteiger partial charge is 0.339 e. The van der Waals surface area contributed by atoms with E-state index in [4.69, 9.17) is 14.2 Å². The minimum atomic E-state index is -0.917. The first kappa shape index (κ1) is 29.9. The Bertz CT molecular complexity index is 1520. The molecule has 0 aromatic heterocycles. The molecule has 0 saturated heterocycles. The van der Waals surface area contributed by atoms with E-state index in [1.807, 2.05) is 0 Å². The van der Waals surface area contributed by atoms with Crippen molar-refractivity contribution < 1.29 is 48.7 Å². The van der Waals surface area contributed by atoms with E-state index in [1.54, 1.807) is 26.0 Å². The second kappa shape index (κ2) is 13.1. The van der Waals surface area contributed by atoms with Crippen LogP contribution in [-0.2, 0) is 9.47 Å². The minimum absolute atomic E-state index is 0.0363. The van der Waals surface area contributed by atoms with Gasteiger partial charge in [0.05, 0.1) is 41.5 Å². The Morgan fingerprint density at radius 3 is 2.24 bits per heavy atom. The highest BCUT2D eigenvalue weighted by Crippen LogP contribution is 2.36. The van der Waals surface area contributed by atoms with Gasteiger partial charge in [0, 0.05) is 0 Å². The van der Waals surface area contributed by atoms with Gasteiger partial charge in [-0.2, -0.15) is 0 Å². The molecule has 1 saturated carbocycles. The predicted octanol–water partition coefficient (Wildman–Crippen LogP) is 4.12. The zero-order valence-electron chi connectivity index (χ0n) is 23.1. The van der Waals surface area contributed by atoms with Crippen LogP contribution in [0.3, 0.4) is 0 Å². The normalized spacial score (nSPS) is 16.0. The van der Waals surface area contributed by atoms with Crippen molar-refractivity contribution in [2.75, 3.05) is 13.2 Å². The van der Waals surface area contributed by atoms with Gasteiger partial charge in [0.2, 0.25) is 5.78 Å². The first-order valence-electron chi connectivity index (χ1n) is 13.5. The third-order valence-electron chi connectivity index (χ3n) is 6.78. The zero-order valence-corrected chi connectivity index (χ0v) is 23.1. The lowest BCUT2D eigenvalue weighted by Crippen LogP contribution is -2.42. The van der Waals surface area contributed by atoms with Crippen molar-refractivity contribution >= 4 is 23.6 Å². The lowest BCUT2D eigenvalue weighted by atomic mass is 9.95. The van der Waals surface area contributed by atoms with Gasteiger partial charge in [-0.3, -0.25) is 9.59 Å². The Hall–Kier alpha value is -5.06. The van der Waals surface area contributed by atoms with Crippen LogP contribution in [0.4, 0.5) is 0 Å². The Kier molecular flexibility index (Phi) is 9.31. The summed E-state index contributed by atoms with van der Waals surface area (Å²) in [7, 11) is 0. The van der Waals surface area contributed by atoms with Gasteiger partial charge in [-0.05, 0) is 69.5 Å². The van der Waals surface area contributed by atoms with Crippen LogP contribution in [-0.4, -0.2) is 64.3 Å². The van der Waals surface area contributed by atoms with Gasteiger partial charge in [0.15, 0.2) is 0 Å². The maximum Gasteiger partial charge on any atom is 0.339 e. The molecule has 11 heteroatoms. The van der Waals surface area contributed by atoms with E-state index >= 15 is 0 Å². The van der Waals surface area contributed by atoms with Gasteiger partial charge in [-0.15, -0.1) is 0 Å². The first-order chi connectivity index (χ1) is 20.2. The second-order valence-electron chi connectivity index (χ2n) is 9.52. The molecular formula is C31H31NO10. The number of hydrogen-bond acceptors (Lipinski definition) is 10. The molecule has 2 unspecified atom stereocenters. The van der Waals surface area contributed by atoms with E-state index in [-0.39, 0.29) is 47.0 Å². The van der Waals surface area contributed by atoms with Crippen LogP contribution in [0.1, 0.15) is 80.1 Å². The Labute approximate surface area is 241 Å². The zero-order chi connectivity index (χ0) is 30.4. The molecule has 1 aliphatic rings. The number of benzene rings is 3. The number of carbonyl (C=O) groups excluding carboxylic acids is 4. The number of amides is 1. The second-order valence-corrected chi connectivity index (χ2v) is 9.52. The number of aromatic hydroxyl groups is 3. The fourth-order valence-corrected chi connectivity index (χ4v) is 4.85. The summed E-state index contributed by atoms with van der Waals surface area (Å²) in [6.07, 6.45) is 1.02. The van der Waals surface area contributed by atoms with E-state index in [9.17, 15) is 34.5 Å². The maximum atomic E-state index is 13.6. The number of esters is 2. The molecule has 4 rings (SSSR count). The fraction of sp³-hybridized carbons (Fsp3) is 0.290. The lowest BCUT2D eigenvalue weighted by molar-refractivity contribution is 0.0249. The van der Waals surface area contributed by atoms with Gasteiger partial charge in [-0.25, -0.2) is 9.59 Å². The molecule has 42 heavy (non-hydrogen) atoms. The van der Waals surface area contributed by atoms with Crippen LogP contribution >= 0.6 is 0 Å². The van der Waals surface area contributed by atoms with Crippen molar-refractivity contribution in [1.29, 1.82) is 0 Å². The molecule has 0 radical (unpaired) electrons. The van der Waals surface area contributed by atoms with Crippen LogP contribution in [0.5, 0.6) is 23.0 Å². The standard InChI is InChI=1S/C31H31NO10/c1-3-40-25-16-17(15-23(35)27(25)28(36)26-19(31(39)41-4-2)10-7-13-22(26)34)30(38)42-24-14-8-11-20(24)32-29(37)18-9-5-6-12-21(18)33/h5-7,9-10,12-13,15-16,20,24,33-35H,3-4,8,11,14H2,1-2H3,(H,32,37). The highest BCUT2D eigenvalue weighted by molar-refractivity contribution is 6.18. The van der Waals surface area contributed by atoms with Crippen molar-refractivity contribution in [2.45, 2.75) is 45.3 Å². The number of phenols is 3. The quantitative estimate of drug-likeness (QED) is 0.203. The van der Waals surface area contributed by atoms with Gasteiger partial charge in [0.25, 0.3) is 5.91 Å². The summed E-state index contributed by atoms with van der Waals surface area (Å²) in [6.45, 7) is 3.33. The van der Waals surface area contributed by atoms with E-state index in [2.05, 4.69) is 5.32 Å². The molecule has 3 aromatic carbocycles. The third kappa shape index (κ3) is 6.30. The average molecular weight is 578 g/mol. The van der Waals surface area contributed by atoms with Gasteiger partial charge >= 0.3 is 11.9 Å². The number of para-hydroxylation sites is 1. The van der Waals surface area contributed by atoms with Crippen LogP contribution in [0.25, 0.3) is 0 Å². The largest absolute Gasteiger partial charge is 0.507 e. The highest BCUT2D eigenvalue weighted by Gasteiger charge is 2.34. The lowest BCUT2D eigenvalue weighted by Gasteiger charge is -2.22. The van der Waals surface area contributed by atoms with Crippen LogP contribution < -0.4 is 10.1 Å². The number of phenolic OH excluding ortho intramolecular Hbond substituents is 3. The van der Waals surface area contributed by atoms with Crippen molar-refractivity contribution in [1.82, 2.24) is 5.32 Å². The SMILES string of the molecule is CCOC(=O)c1cccc(O)c1C(=O)c1c(O)cc(C(=O)OC2CCCC2NC(=O)c2ccccc2O)cc1OCC. The Morgan fingerprint density at radius 2 is 1.52 bits per heavy atom. The topological polar surface area (TPSA) is 169 Å². The first-order valence-corrected chi connectivity index (χ1v) is 13.5. The molecule has 220 valence electrons. The van der Waals surface area contributed by atoms with Gasteiger partial charge < -0.3 is 34.8 Å². The molecule has 1 fully saturated rings. The van der Waals surface area contributed by atoms with Crippen LogP contribution in [0.2, 0.25) is 0 Å². The molecule has 0 heterocycles. The molecule has 11 nitrogen and oxygen atoms in total. The maximum absolute atomic E-state index is 13.6. The average Bonchev–Trinajstić information content (AvgIpc) is 3.38. The number of carbonyl (C=O) groups is 4. The van der Waals surface area contributed by atoms with E-state index in [0.29, 0.717) is 19.3 Å². The highest BCUT2D eigenvalue weighted by atomic mass is 16.5. The third-order valence-corrected chi connectivity index (χ3v) is 6.78. The number of nitrogens with one attached hydrogen (secondary N) is 1. The summed E-state index contributed by atoms with van der Waals surface area (Å²) in [5.41, 5.74) is -0.986. The van der Waals surface area contributed by atoms with Crippen molar-refractivity contribution in [3.63, 3.8) is 0 Å². The molecule has 0 bridgehead atoms. The summed E-state index contributed by atoms with van der Waals surface area (Å²) in [5, 5.41) is 34.1. The molecule has 2 atom stereocenters. The van der Waals surface area contributed by atoms with E-state index < -0.39 is 52.8 Å². The van der Waals surface area contributed by atoms with Crippen molar-refractivity contribution in [3.8, 4) is 23.0 Å². The monoisotopic (exact) mass is 577 g/mol. The molecule has 4 N–H and O–H groups in total. The molecule has 1 amide bonds. The van der Waals surface area contributed by atoms with Gasteiger partial charge in [0.1, 0.15) is 34.7 Å². The van der Waals surface area contributed by atoms with Crippen LogP contribution in [0, 0.1) is 0 Å². The molecular weight excluding hydrogens is 546 g/mol. The number of ketones is 1. The summed E-state index contributed by atoms with van der Waals surface area (Å²) in [4.78, 5) is 51.9. The molecule has 3 aromatic rings. The Balaban J connectivity index is 1.59. The number of rotatable bonds is 10. The molecule has 0 aliphatic heterocycles. The summed E-state index contributed by atoms with van der Waals surface area (Å²) >= 11 is 0. The minimum Gasteiger partial charge on any atom is -0.507 e. The molecule has 0 spiro atoms.